The molecule has 2 heterocycles. The summed E-state index contributed by atoms with van der Waals surface area (Å²) in [5.74, 6) is 1.76. The lowest BCUT2D eigenvalue weighted by Gasteiger charge is -2.34. The van der Waals surface area contributed by atoms with Crippen LogP contribution in [0.5, 0.6) is 0 Å². The summed E-state index contributed by atoms with van der Waals surface area (Å²) in [6.07, 6.45) is 1.72. The standard InChI is InChI=1S/C15H27N7O/c1-5-17-13(23)11-6-8-22(9-7-11)10(2)12-18-14(16)20-15(19-12)21(3)4/h10-11H,5-9H2,1-4H3,(H,17,23)(H2,16,18,19,20)/t10-/m1/s1. The molecule has 23 heavy (non-hydrogen) atoms. The first kappa shape index (κ1) is 17.4. The second kappa shape index (κ2) is 7.54. The highest BCUT2D eigenvalue weighted by Crippen LogP contribution is 2.25. The van der Waals surface area contributed by atoms with Gasteiger partial charge in [0, 0.05) is 26.6 Å². The molecule has 128 valence electrons. The summed E-state index contributed by atoms with van der Waals surface area (Å²) < 4.78 is 0. The second-order valence-corrected chi connectivity index (χ2v) is 6.13. The highest BCUT2D eigenvalue weighted by molar-refractivity contribution is 5.78. The van der Waals surface area contributed by atoms with E-state index in [-0.39, 0.29) is 23.8 Å². The monoisotopic (exact) mass is 321 g/mol. The Morgan fingerprint density at radius 1 is 1.35 bits per heavy atom. The maximum Gasteiger partial charge on any atom is 0.229 e. The average molecular weight is 321 g/mol. The Hall–Kier alpha value is -1.96. The lowest BCUT2D eigenvalue weighted by Crippen LogP contribution is -2.41. The van der Waals surface area contributed by atoms with Crippen molar-refractivity contribution in [3.63, 3.8) is 0 Å². The molecule has 0 aromatic carbocycles. The molecular weight excluding hydrogens is 294 g/mol. The number of likely N-dealkylation sites (tertiary alicyclic amines) is 1. The van der Waals surface area contributed by atoms with Crippen molar-refractivity contribution in [2.24, 2.45) is 5.92 Å². The Balaban J connectivity index is 2.02. The van der Waals surface area contributed by atoms with Gasteiger partial charge in [0.15, 0.2) is 5.82 Å². The Kier molecular flexibility index (Phi) is 5.70. The van der Waals surface area contributed by atoms with E-state index in [1.807, 2.05) is 25.9 Å². The number of anilines is 2. The second-order valence-electron chi connectivity index (χ2n) is 6.13. The molecule has 0 saturated carbocycles. The molecule has 1 saturated heterocycles. The number of nitrogens with zero attached hydrogens (tertiary/aromatic N) is 5. The minimum absolute atomic E-state index is 0.0502. The maximum atomic E-state index is 11.9. The van der Waals surface area contributed by atoms with Gasteiger partial charge >= 0.3 is 0 Å². The summed E-state index contributed by atoms with van der Waals surface area (Å²) >= 11 is 0. The molecule has 3 N–H and O–H groups in total. The molecular formula is C15H27N7O. The zero-order valence-corrected chi connectivity index (χ0v) is 14.4. The van der Waals surface area contributed by atoms with Crippen LogP contribution in [0.25, 0.3) is 0 Å². The molecule has 2 rings (SSSR count). The molecule has 8 heteroatoms. The lowest BCUT2D eigenvalue weighted by molar-refractivity contribution is -0.126. The van der Waals surface area contributed by atoms with Crippen LogP contribution in [-0.2, 0) is 4.79 Å². The van der Waals surface area contributed by atoms with Crippen LogP contribution in [0.1, 0.15) is 38.6 Å². The van der Waals surface area contributed by atoms with Crippen molar-refractivity contribution in [3.05, 3.63) is 5.82 Å². The molecule has 1 aromatic heterocycles. The molecule has 8 nitrogen and oxygen atoms in total. The quantitative estimate of drug-likeness (QED) is 0.811. The van der Waals surface area contributed by atoms with E-state index in [2.05, 4.69) is 32.1 Å². The van der Waals surface area contributed by atoms with Crippen LogP contribution in [-0.4, -0.2) is 59.5 Å². The van der Waals surface area contributed by atoms with E-state index in [1.165, 1.54) is 0 Å². The number of nitrogen functional groups attached to an aromatic ring is 1. The summed E-state index contributed by atoms with van der Waals surface area (Å²) in [7, 11) is 3.75. The van der Waals surface area contributed by atoms with E-state index in [1.54, 1.807) is 0 Å². The topological polar surface area (TPSA) is 100 Å². The lowest BCUT2D eigenvalue weighted by atomic mass is 9.95. The van der Waals surface area contributed by atoms with Gasteiger partial charge < -0.3 is 16.0 Å². The summed E-state index contributed by atoms with van der Waals surface area (Å²) in [5.41, 5.74) is 5.80. The first-order valence-corrected chi connectivity index (χ1v) is 8.12. The van der Waals surface area contributed by atoms with Crippen molar-refractivity contribution in [1.29, 1.82) is 0 Å². The van der Waals surface area contributed by atoms with Gasteiger partial charge in [-0.05, 0) is 39.8 Å². The third-order valence-electron chi connectivity index (χ3n) is 4.23. The first-order valence-electron chi connectivity index (χ1n) is 8.12. The molecule has 1 aliphatic heterocycles. The number of carbonyl (C=O) groups is 1. The zero-order chi connectivity index (χ0) is 17.0. The van der Waals surface area contributed by atoms with Crippen molar-refractivity contribution in [3.8, 4) is 0 Å². The number of aromatic nitrogens is 3. The molecule has 0 bridgehead atoms. The smallest absolute Gasteiger partial charge is 0.229 e. The van der Waals surface area contributed by atoms with Crippen LogP contribution in [0.15, 0.2) is 0 Å². The van der Waals surface area contributed by atoms with Gasteiger partial charge in [-0.2, -0.15) is 15.0 Å². The van der Waals surface area contributed by atoms with Crippen molar-refractivity contribution in [2.75, 3.05) is 44.4 Å². The number of nitrogens with one attached hydrogen (secondary N) is 1. The van der Waals surface area contributed by atoms with Crippen LogP contribution in [0.4, 0.5) is 11.9 Å². The first-order chi connectivity index (χ1) is 10.9. The van der Waals surface area contributed by atoms with E-state index in [0.717, 1.165) is 25.9 Å². The highest BCUT2D eigenvalue weighted by atomic mass is 16.1. The van der Waals surface area contributed by atoms with Crippen LogP contribution >= 0.6 is 0 Å². The fourth-order valence-electron chi connectivity index (χ4n) is 2.81. The predicted molar refractivity (Wildman–Crippen MR) is 90.0 cm³/mol. The molecule has 1 amide bonds. The van der Waals surface area contributed by atoms with Crippen LogP contribution in [0.3, 0.4) is 0 Å². The van der Waals surface area contributed by atoms with E-state index in [9.17, 15) is 4.79 Å². The maximum absolute atomic E-state index is 11.9. The van der Waals surface area contributed by atoms with Crippen molar-refractivity contribution < 1.29 is 4.79 Å². The van der Waals surface area contributed by atoms with E-state index < -0.39 is 0 Å². The minimum atomic E-state index is 0.0502. The van der Waals surface area contributed by atoms with Gasteiger partial charge in [-0.25, -0.2) is 0 Å². The van der Waals surface area contributed by atoms with E-state index >= 15 is 0 Å². The summed E-state index contributed by atoms with van der Waals surface area (Å²) in [5, 5.41) is 2.91. The van der Waals surface area contributed by atoms with Gasteiger partial charge in [-0.15, -0.1) is 0 Å². The molecule has 1 aromatic rings. The number of rotatable bonds is 5. The Morgan fingerprint density at radius 2 is 2.00 bits per heavy atom. The largest absolute Gasteiger partial charge is 0.368 e. The number of carbonyl (C=O) groups excluding carboxylic acids is 1. The Bertz CT molecular complexity index is 541. The molecule has 0 unspecified atom stereocenters. The van der Waals surface area contributed by atoms with Crippen molar-refractivity contribution in [2.45, 2.75) is 32.7 Å². The number of piperidine rings is 1. The summed E-state index contributed by atoms with van der Waals surface area (Å²) in [6.45, 7) is 6.41. The third-order valence-corrected chi connectivity index (χ3v) is 4.23. The van der Waals surface area contributed by atoms with Gasteiger partial charge in [-0.1, -0.05) is 0 Å². The summed E-state index contributed by atoms with van der Waals surface area (Å²) in [4.78, 5) is 28.9. The zero-order valence-electron chi connectivity index (χ0n) is 14.4. The van der Waals surface area contributed by atoms with Crippen molar-refractivity contribution >= 4 is 17.8 Å². The normalized spacial score (nSPS) is 17.7. The Morgan fingerprint density at radius 3 is 2.57 bits per heavy atom. The van der Waals surface area contributed by atoms with Gasteiger partial charge in [0.05, 0.1) is 6.04 Å². The molecule has 1 atom stereocenters. The van der Waals surface area contributed by atoms with E-state index in [4.69, 9.17) is 5.73 Å². The number of amides is 1. The SMILES string of the molecule is CCNC(=O)C1CCN([C@H](C)c2nc(N)nc(N(C)C)n2)CC1. The molecule has 1 fully saturated rings. The van der Waals surface area contributed by atoms with Gasteiger partial charge in [0.2, 0.25) is 17.8 Å². The van der Waals surface area contributed by atoms with Gasteiger partial charge in [-0.3, -0.25) is 9.69 Å². The van der Waals surface area contributed by atoms with Gasteiger partial charge in [0.25, 0.3) is 0 Å². The predicted octanol–water partition coefficient (Wildman–Crippen LogP) is 0.429. The molecule has 1 aliphatic rings. The minimum Gasteiger partial charge on any atom is -0.368 e. The fourth-order valence-corrected chi connectivity index (χ4v) is 2.81. The molecule has 0 radical (unpaired) electrons. The van der Waals surface area contributed by atoms with Crippen LogP contribution < -0.4 is 16.0 Å². The number of nitrogens with two attached hydrogens (primary N) is 1. The van der Waals surface area contributed by atoms with Crippen LogP contribution in [0, 0.1) is 5.92 Å². The number of hydrogen-bond acceptors (Lipinski definition) is 7. The molecule has 0 aliphatic carbocycles. The van der Waals surface area contributed by atoms with E-state index in [0.29, 0.717) is 18.3 Å². The highest BCUT2D eigenvalue weighted by Gasteiger charge is 2.28. The Labute approximate surface area is 137 Å². The molecule has 0 spiro atoms. The van der Waals surface area contributed by atoms with Crippen LogP contribution in [0.2, 0.25) is 0 Å². The fraction of sp³-hybridized carbons (Fsp3) is 0.733. The third kappa shape index (κ3) is 4.28. The summed E-state index contributed by atoms with van der Waals surface area (Å²) in [6, 6.07) is 0.0502. The van der Waals surface area contributed by atoms with Crippen molar-refractivity contribution in [1.82, 2.24) is 25.2 Å². The number of hydrogen-bond donors (Lipinski definition) is 2. The van der Waals surface area contributed by atoms with Gasteiger partial charge in [0.1, 0.15) is 0 Å². The average Bonchev–Trinajstić information content (AvgIpc) is 2.54.